The second-order valence-corrected chi connectivity index (χ2v) is 5.12. The number of fused-ring (bicyclic) bond motifs is 1. The molecule has 1 aliphatic rings. The van der Waals surface area contributed by atoms with Gasteiger partial charge in [0.25, 0.3) is 5.91 Å². The highest BCUT2D eigenvalue weighted by molar-refractivity contribution is 6.36. The van der Waals surface area contributed by atoms with Crippen molar-refractivity contribution < 1.29 is 4.79 Å². The first-order valence-electron chi connectivity index (χ1n) is 5.67. The van der Waals surface area contributed by atoms with E-state index in [1.54, 1.807) is 29.3 Å². The van der Waals surface area contributed by atoms with Gasteiger partial charge in [-0.3, -0.25) is 4.79 Å². The Morgan fingerprint density at radius 2 is 2.11 bits per heavy atom. The highest BCUT2D eigenvalue weighted by Gasteiger charge is 2.26. The van der Waals surface area contributed by atoms with Crippen molar-refractivity contribution in [2.75, 3.05) is 0 Å². The molecule has 0 saturated heterocycles. The van der Waals surface area contributed by atoms with Gasteiger partial charge in [0.15, 0.2) is 0 Å². The molecular weight excluding hydrogens is 285 g/mol. The maximum atomic E-state index is 12.4. The molecule has 1 aromatic heterocycles. The zero-order valence-corrected chi connectivity index (χ0v) is 11.3. The van der Waals surface area contributed by atoms with Gasteiger partial charge in [-0.05, 0) is 18.2 Å². The predicted molar refractivity (Wildman–Crippen MR) is 72.1 cm³/mol. The molecule has 0 atom stereocenters. The second kappa shape index (κ2) is 4.79. The molecule has 6 heteroatoms. The van der Waals surface area contributed by atoms with Crippen molar-refractivity contribution in [2.45, 2.75) is 13.1 Å². The van der Waals surface area contributed by atoms with Crippen LogP contribution >= 0.6 is 23.2 Å². The summed E-state index contributed by atoms with van der Waals surface area (Å²) >= 11 is 11.9. The molecule has 0 aliphatic carbocycles. The number of amides is 1. The number of carbonyl (C=O) groups excluding carboxylic acids is 1. The lowest BCUT2D eigenvalue weighted by atomic mass is 10.2. The van der Waals surface area contributed by atoms with Crippen LogP contribution in [0.3, 0.4) is 0 Å². The maximum Gasteiger partial charge on any atom is 0.256 e. The average Bonchev–Trinajstić information content (AvgIpc) is 2.81. The van der Waals surface area contributed by atoms with Gasteiger partial charge in [-0.1, -0.05) is 23.2 Å². The predicted octanol–water partition coefficient (Wildman–Crippen LogP) is 2.94. The van der Waals surface area contributed by atoms with Gasteiger partial charge < -0.3 is 4.90 Å². The van der Waals surface area contributed by atoms with E-state index in [9.17, 15) is 4.79 Å². The van der Waals surface area contributed by atoms with E-state index < -0.39 is 0 Å². The first-order chi connectivity index (χ1) is 9.15. The molecule has 0 N–H and O–H groups in total. The van der Waals surface area contributed by atoms with Gasteiger partial charge in [0.05, 0.1) is 22.8 Å². The lowest BCUT2D eigenvalue weighted by Gasteiger charge is -2.15. The lowest BCUT2D eigenvalue weighted by molar-refractivity contribution is 0.0750. The summed E-state index contributed by atoms with van der Waals surface area (Å²) < 4.78 is 0. The molecule has 1 aromatic carbocycles. The minimum absolute atomic E-state index is 0.125. The van der Waals surface area contributed by atoms with Gasteiger partial charge in [0.1, 0.15) is 6.33 Å². The van der Waals surface area contributed by atoms with Crippen molar-refractivity contribution >= 4 is 29.1 Å². The van der Waals surface area contributed by atoms with Gasteiger partial charge in [-0.2, -0.15) is 0 Å². The SMILES string of the molecule is O=C(c1ccc(Cl)cc1Cl)N1Cc2cncnc2C1. The summed E-state index contributed by atoms with van der Waals surface area (Å²) in [5.41, 5.74) is 2.31. The van der Waals surface area contributed by atoms with Crippen LogP contribution in [0, 0.1) is 0 Å². The number of hydrogen-bond donors (Lipinski definition) is 0. The van der Waals surface area contributed by atoms with E-state index in [-0.39, 0.29) is 5.91 Å². The largest absolute Gasteiger partial charge is 0.328 e. The minimum atomic E-state index is -0.125. The fourth-order valence-electron chi connectivity index (χ4n) is 2.08. The van der Waals surface area contributed by atoms with Crippen molar-refractivity contribution in [3.63, 3.8) is 0 Å². The standard InChI is InChI=1S/C13H9Cl2N3O/c14-9-1-2-10(11(15)3-9)13(19)18-5-8-4-16-7-17-12(8)6-18/h1-4,7H,5-6H2. The van der Waals surface area contributed by atoms with E-state index in [4.69, 9.17) is 23.2 Å². The summed E-state index contributed by atoms with van der Waals surface area (Å²) in [6, 6.07) is 4.87. The van der Waals surface area contributed by atoms with Gasteiger partial charge in [-0.15, -0.1) is 0 Å². The molecule has 0 spiro atoms. The van der Waals surface area contributed by atoms with Crippen molar-refractivity contribution in [1.82, 2.24) is 14.9 Å². The molecule has 0 bridgehead atoms. The molecule has 0 unspecified atom stereocenters. The molecule has 1 aliphatic heterocycles. The van der Waals surface area contributed by atoms with Crippen LogP contribution in [0.4, 0.5) is 0 Å². The normalized spacial score (nSPS) is 13.5. The number of nitrogens with zero attached hydrogens (tertiary/aromatic N) is 3. The van der Waals surface area contributed by atoms with Crippen LogP contribution in [0.2, 0.25) is 10.0 Å². The number of aromatic nitrogens is 2. The Bertz CT molecular complexity index is 635. The Morgan fingerprint density at radius 3 is 2.84 bits per heavy atom. The summed E-state index contributed by atoms with van der Waals surface area (Å²) in [6.45, 7) is 0.990. The molecule has 19 heavy (non-hydrogen) atoms. The lowest BCUT2D eigenvalue weighted by Crippen LogP contribution is -2.25. The van der Waals surface area contributed by atoms with Crippen LogP contribution in [0.15, 0.2) is 30.7 Å². The van der Waals surface area contributed by atoms with Crippen molar-refractivity contribution in [3.8, 4) is 0 Å². The van der Waals surface area contributed by atoms with Gasteiger partial charge in [0.2, 0.25) is 0 Å². The Balaban J connectivity index is 1.87. The molecule has 0 saturated carbocycles. The van der Waals surface area contributed by atoms with Crippen LogP contribution in [0.1, 0.15) is 21.6 Å². The fourth-order valence-corrected chi connectivity index (χ4v) is 2.57. The molecule has 0 radical (unpaired) electrons. The smallest absolute Gasteiger partial charge is 0.256 e. The first-order valence-corrected chi connectivity index (χ1v) is 6.43. The van der Waals surface area contributed by atoms with Gasteiger partial charge >= 0.3 is 0 Å². The number of benzene rings is 1. The zero-order valence-electron chi connectivity index (χ0n) is 9.81. The third kappa shape index (κ3) is 2.29. The number of hydrogen-bond acceptors (Lipinski definition) is 3. The van der Waals surface area contributed by atoms with Crippen LogP contribution in [-0.2, 0) is 13.1 Å². The van der Waals surface area contributed by atoms with Crippen LogP contribution < -0.4 is 0 Å². The van der Waals surface area contributed by atoms with E-state index in [1.807, 2.05) is 0 Å². The van der Waals surface area contributed by atoms with Crippen molar-refractivity contribution in [2.24, 2.45) is 0 Å². The average molecular weight is 294 g/mol. The van der Waals surface area contributed by atoms with Crippen LogP contribution in [0.5, 0.6) is 0 Å². The Hall–Kier alpha value is -1.65. The van der Waals surface area contributed by atoms with E-state index in [2.05, 4.69) is 9.97 Å². The molecular formula is C13H9Cl2N3O. The Morgan fingerprint density at radius 1 is 1.26 bits per heavy atom. The molecule has 4 nitrogen and oxygen atoms in total. The number of halogens is 2. The Kier molecular flexibility index (Phi) is 3.12. The van der Waals surface area contributed by atoms with Crippen LogP contribution in [-0.4, -0.2) is 20.8 Å². The number of carbonyl (C=O) groups is 1. The summed E-state index contributed by atoms with van der Waals surface area (Å²) in [6.07, 6.45) is 3.22. The monoisotopic (exact) mass is 293 g/mol. The van der Waals surface area contributed by atoms with E-state index >= 15 is 0 Å². The Labute approximate surface area is 120 Å². The fraction of sp³-hybridized carbons (Fsp3) is 0.154. The maximum absolute atomic E-state index is 12.4. The quantitative estimate of drug-likeness (QED) is 0.812. The summed E-state index contributed by atoms with van der Waals surface area (Å²) in [4.78, 5) is 22.2. The topological polar surface area (TPSA) is 46.1 Å². The highest BCUT2D eigenvalue weighted by atomic mass is 35.5. The number of rotatable bonds is 1. The van der Waals surface area contributed by atoms with Crippen molar-refractivity contribution in [3.05, 3.63) is 57.6 Å². The molecule has 96 valence electrons. The first kappa shape index (κ1) is 12.4. The van der Waals surface area contributed by atoms with E-state index in [1.165, 1.54) is 6.33 Å². The van der Waals surface area contributed by atoms with E-state index in [0.29, 0.717) is 28.7 Å². The molecule has 0 fully saturated rings. The highest BCUT2D eigenvalue weighted by Crippen LogP contribution is 2.26. The van der Waals surface area contributed by atoms with Crippen LogP contribution in [0.25, 0.3) is 0 Å². The van der Waals surface area contributed by atoms with Gasteiger partial charge in [-0.25, -0.2) is 9.97 Å². The summed E-state index contributed by atoms with van der Waals surface area (Å²) in [7, 11) is 0. The summed E-state index contributed by atoms with van der Waals surface area (Å²) in [5.74, 6) is -0.125. The molecule has 2 heterocycles. The zero-order chi connectivity index (χ0) is 13.4. The minimum Gasteiger partial charge on any atom is -0.328 e. The van der Waals surface area contributed by atoms with E-state index in [0.717, 1.165) is 11.3 Å². The summed E-state index contributed by atoms with van der Waals surface area (Å²) in [5, 5.41) is 0.872. The van der Waals surface area contributed by atoms with Gasteiger partial charge in [0, 0.05) is 23.3 Å². The third-order valence-electron chi connectivity index (χ3n) is 3.03. The molecule has 1 amide bonds. The second-order valence-electron chi connectivity index (χ2n) is 4.28. The van der Waals surface area contributed by atoms with Crippen molar-refractivity contribution in [1.29, 1.82) is 0 Å². The molecule has 2 aromatic rings. The third-order valence-corrected chi connectivity index (χ3v) is 3.58. The molecule has 3 rings (SSSR count).